The lowest BCUT2D eigenvalue weighted by Gasteiger charge is -2.15. The van der Waals surface area contributed by atoms with Gasteiger partial charge in [0.15, 0.2) is 0 Å². The van der Waals surface area contributed by atoms with Gasteiger partial charge < -0.3 is 4.90 Å². The molecule has 5 heteroatoms. The lowest BCUT2D eigenvalue weighted by molar-refractivity contribution is -0.114. The number of anilines is 1. The molecule has 90 valence electrons. The van der Waals surface area contributed by atoms with E-state index < -0.39 is 17.5 Å². The second-order valence-corrected chi connectivity index (χ2v) is 4.64. The van der Waals surface area contributed by atoms with Gasteiger partial charge in [-0.15, -0.1) is 0 Å². The van der Waals surface area contributed by atoms with Crippen molar-refractivity contribution in [3.8, 4) is 0 Å². The number of nitrogens with zero attached hydrogens (tertiary/aromatic N) is 1. The Kier molecular flexibility index (Phi) is 3.57. The van der Waals surface area contributed by atoms with Crippen LogP contribution >= 0.6 is 15.9 Å². The number of benzene rings is 1. The second kappa shape index (κ2) is 4.96. The fraction of sp³-hybridized carbons (Fsp3) is 0.333. The monoisotopic (exact) mass is 299 g/mol. The largest absolute Gasteiger partial charge is 0.305 e. The lowest BCUT2D eigenvalue weighted by atomic mass is 10.1. The molecular formula is C12H11BrFNO2. The van der Waals surface area contributed by atoms with Gasteiger partial charge in [0.25, 0.3) is 11.7 Å². The van der Waals surface area contributed by atoms with Crippen LogP contribution in [0.15, 0.2) is 18.2 Å². The number of carbonyl (C=O) groups is 2. The van der Waals surface area contributed by atoms with Crippen molar-refractivity contribution in [1.82, 2.24) is 0 Å². The zero-order chi connectivity index (χ0) is 12.4. The first-order valence-corrected chi connectivity index (χ1v) is 6.49. The molecule has 0 N–H and O–H groups in total. The Labute approximate surface area is 107 Å². The predicted molar refractivity (Wildman–Crippen MR) is 66.1 cm³/mol. The highest BCUT2D eigenvalue weighted by Crippen LogP contribution is 2.29. The van der Waals surface area contributed by atoms with Crippen molar-refractivity contribution in [3.63, 3.8) is 0 Å². The van der Waals surface area contributed by atoms with Gasteiger partial charge in [0.05, 0.1) is 11.3 Å². The summed E-state index contributed by atoms with van der Waals surface area (Å²) < 4.78 is 13.1. The lowest BCUT2D eigenvalue weighted by Crippen LogP contribution is -2.30. The zero-order valence-corrected chi connectivity index (χ0v) is 10.7. The van der Waals surface area contributed by atoms with Crippen LogP contribution in [0, 0.1) is 5.82 Å². The summed E-state index contributed by atoms with van der Waals surface area (Å²) in [5.41, 5.74) is 0.699. The maximum Gasteiger partial charge on any atom is 0.299 e. The number of unbranched alkanes of at least 4 members (excludes halogenated alkanes) is 1. The van der Waals surface area contributed by atoms with Crippen LogP contribution < -0.4 is 4.90 Å². The first-order valence-electron chi connectivity index (χ1n) is 5.37. The Morgan fingerprint density at radius 3 is 2.71 bits per heavy atom. The topological polar surface area (TPSA) is 37.4 Å². The summed E-state index contributed by atoms with van der Waals surface area (Å²) in [5.74, 6) is -1.53. The molecule has 0 aliphatic carbocycles. The van der Waals surface area contributed by atoms with Crippen LogP contribution in [0.3, 0.4) is 0 Å². The van der Waals surface area contributed by atoms with E-state index in [2.05, 4.69) is 15.9 Å². The number of halogens is 2. The van der Waals surface area contributed by atoms with E-state index in [0.717, 1.165) is 18.2 Å². The molecule has 0 unspecified atom stereocenters. The highest BCUT2D eigenvalue weighted by atomic mass is 79.9. The van der Waals surface area contributed by atoms with Crippen LogP contribution in [0.2, 0.25) is 0 Å². The second-order valence-electron chi connectivity index (χ2n) is 3.84. The van der Waals surface area contributed by atoms with Crippen molar-refractivity contribution < 1.29 is 14.0 Å². The van der Waals surface area contributed by atoms with Crippen molar-refractivity contribution in [2.24, 2.45) is 0 Å². The van der Waals surface area contributed by atoms with E-state index in [1.165, 1.54) is 23.1 Å². The Hall–Kier alpha value is -1.23. The molecule has 0 saturated heterocycles. The molecule has 0 saturated carbocycles. The number of amides is 1. The fourth-order valence-electron chi connectivity index (χ4n) is 1.85. The minimum atomic E-state index is -0.555. The summed E-state index contributed by atoms with van der Waals surface area (Å²) >= 11 is 3.30. The van der Waals surface area contributed by atoms with E-state index in [9.17, 15) is 14.0 Å². The molecule has 1 amide bonds. The maximum atomic E-state index is 13.1. The van der Waals surface area contributed by atoms with Crippen LogP contribution in [0.25, 0.3) is 0 Å². The third-order valence-corrected chi connectivity index (χ3v) is 3.26. The normalized spacial score (nSPS) is 14.4. The third-order valence-electron chi connectivity index (χ3n) is 2.70. The van der Waals surface area contributed by atoms with Gasteiger partial charge >= 0.3 is 0 Å². The van der Waals surface area contributed by atoms with Gasteiger partial charge in [0, 0.05) is 11.9 Å². The average Bonchev–Trinajstić information content (AvgIpc) is 2.54. The number of hydrogen-bond donors (Lipinski definition) is 0. The Morgan fingerprint density at radius 2 is 2.00 bits per heavy atom. The summed E-state index contributed by atoms with van der Waals surface area (Å²) in [6.07, 6.45) is 1.68. The molecular weight excluding hydrogens is 289 g/mol. The molecule has 3 nitrogen and oxygen atoms in total. The summed E-state index contributed by atoms with van der Waals surface area (Å²) in [5, 5.41) is 0.846. The van der Waals surface area contributed by atoms with E-state index in [-0.39, 0.29) is 0 Å². The van der Waals surface area contributed by atoms with Crippen molar-refractivity contribution >= 4 is 33.3 Å². The predicted octanol–water partition coefficient (Wildman–Crippen LogP) is 2.53. The molecule has 1 heterocycles. The van der Waals surface area contributed by atoms with Crippen molar-refractivity contribution in [3.05, 3.63) is 29.6 Å². The highest BCUT2D eigenvalue weighted by Gasteiger charge is 2.35. The molecule has 0 bridgehead atoms. The summed E-state index contributed by atoms with van der Waals surface area (Å²) in [7, 11) is 0. The number of rotatable bonds is 4. The molecule has 1 aromatic carbocycles. The van der Waals surface area contributed by atoms with Gasteiger partial charge in [0.2, 0.25) is 0 Å². The van der Waals surface area contributed by atoms with E-state index in [1.54, 1.807) is 0 Å². The number of alkyl halides is 1. The fourth-order valence-corrected chi connectivity index (χ4v) is 2.25. The van der Waals surface area contributed by atoms with Crippen LogP contribution in [0.5, 0.6) is 0 Å². The van der Waals surface area contributed by atoms with Gasteiger partial charge in [-0.1, -0.05) is 15.9 Å². The summed E-state index contributed by atoms with van der Waals surface area (Å²) in [4.78, 5) is 24.7. The molecule has 0 radical (unpaired) electrons. The maximum absolute atomic E-state index is 13.1. The Balaban J connectivity index is 2.26. The van der Waals surface area contributed by atoms with Crippen LogP contribution in [-0.4, -0.2) is 23.6 Å². The standard InChI is InChI=1S/C12H11BrFNO2/c13-5-1-2-6-15-10-7-8(14)3-4-9(10)11(16)12(15)17/h3-4,7H,1-2,5-6H2. The number of fused-ring (bicyclic) bond motifs is 1. The molecule has 17 heavy (non-hydrogen) atoms. The van der Waals surface area contributed by atoms with Crippen molar-refractivity contribution in [2.45, 2.75) is 12.8 Å². The number of carbonyl (C=O) groups excluding carboxylic acids is 2. The molecule has 2 rings (SSSR count). The molecule has 0 fully saturated rings. The van der Waals surface area contributed by atoms with Crippen molar-refractivity contribution in [2.75, 3.05) is 16.8 Å². The molecule has 0 spiro atoms. The smallest absolute Gasteiger partial charge is 0.299 e. The van der Waals surface area contributed by atoms with Gasteiger partial charge in [-0.05, 0) is 31.0 Å². The van der Waals surface area contributed by atoms with Gasteiger partial charge in [0.1, 0.15) is 5.82 Å². The van der Waals surface area contributed by atoms with E-state index >= 15 is 0 Å². The van der Waals surface area contributed by atoms with Crippen LogP contribution in [-0.2, 0) is 4.79 Å². The number of Topliss-reactive ketones (excluding diaryl/α,β-unsaturated/α-hetero) is 1. The van der Waals surface area contributed by atoms with E-state index in [0.29, 0.717) is 17.8 Å². The average molecular weight is 300 g/mol. The van der Waals surface area contributed by atoms with Gasteiger partial charge in [-0.2, -0.15) is 0 Å². The van der Waals surface area contributed by atoms with Crippen LogP contribution in [0.4, 0.5) is 10.1 Å². The zero-order valence-electron chi connectivity index (χ0n) is 9.08. The number of hydrogen-bond acceptors (Lipinski definition) is 2. The first-order chi connectivity index (χ1) is 8.15. The summed E-state index contributed by atoms with van der Waals surface area (Å²) in [6.45, 7) is 0.451. The quantitative estimate of drug-likeness (QED) is 0.487. The molecule has 0 aromatic heterocycles. The van der Waals surface area contributed by atoms with Crippen molar-refractivity contribution in [1.29, 1.82) is 0 Å². The highest BCUT2D eigenvalue weighted by molar-refractivity contribution is 9.09. The Morgan fingerprint density at radius 1 is 1.24 bits per heavy atom. The van der Waals surface area contributed by atoms with Crippen LogP contribution in [0.1, 0.15) is 23.2 Å². The third kappa shape index (κ3) is 2.24. The molecule has 1 aromatic rings. The summed E-state index contributed by atoms with van der Waals surface area (Å²) in [6, 6.07) is 3.81. The SMILES string of the molecule is O=C1C(=O)N(CCCCBr)c2cc(F)ccc21. The minimum Gasteiger partial charge on any atom is -0.305 e. The molecule has 0 atom stereocenters. The first kappa shape index (κ1) is 12.2. The van der Waals surface area contributed by atoms with Gasteiger partial charge in [-0.25, -0.2) is 4.39 Å². The molecule has 1 aliphatic heterocycles. The van der Waals surface area contributed by atoms with E-state index in [4.69, 9.17) is 0 Å². The minimum absolute atomic E-state index is 0.301. The number of ketones is 1. The molecule has 1 aliphatic rings. The Bertz CT molecular complexity index is 476. The van der Waals surface area contributed by atoms with Gasteiger partial charge in [-0.3, -0.25) is 9.59 Å². The van der Waals surface area contributed by atoms with E-state index in [1.807, 2.05) is 0 Å².